The molecule has 1 N–H and O–H groups in total. The van der Waals surface area contributed by atoms with Gasteiger partial charge in [-0.1, -0.05) is 41.6 Å². The fraction of sp³-hybridized carbons (Fsp3) is 0.292. The van der Waals surface area contributed by atoms with E-state index >= 15 is 0 Å². The van der Waals surface area contributed by atoms with Crippen molar-refractivity contribution in [2.45, 2.75) is 30.2 Å². The standard InChI is InChI=1S/C24H24ClN3O4S/c1-4-32-19-11-15(8-9-18(19)31-3)17-12-20(29)26-22-21(17)23(30)27-24(28(22)2)33-13-14-6-5-7-16(25)10-14/h5-11,17H,4,12-13H2,1-3H3,(H,26,29). The van der Waals surface area contributed by atoms with E-state index in [0.717, 1.165) is 11.1 Å². The molecular formula is C24H24ClN3O4S. The van der Waals surface area contributed by atoms with E-state index in [1.807, 2.05) is 43.3 Å². The lowest BCUT2D eigenvalue weighted by Crippen LogP contribution is -2.33. The highest BCUT2D eigenvalue weighted by Gasteiger charge is 2.32. The molecule has 0 radical (unpaired) electrons. The highest BCUT2D eigenvalue weighted by molar-refractivity contribution is 7.98. The van der Waals surface area contributed by atoms with Crippen LogP contribution in [0.1, 0.15) is 36.0 Å². The molecule has 7 nitrogen and oxygen atoms in total. The molecule has 1 aromatic heterocycles. The van der Waals surface area contributed by atoms with Crippen LogP contribution in [-0.2, 0) is 17.6 Å². The summed E-state index contributed by atoms with van der Waals surface area (Å²) in [4.78, 5) is 30.1. The zero-order valence-electron chi connectivity index (χ0n) is 18.6. The van der Waals surface area contributed by atoms with Crippen molar-refractivity contribution in [1.82, 2.24) is 9.55 Å². The van der Waals surface area contributed by atoms with Gasteiger partial charge in [-0.2, -0.15) is 4.98 Å². The third-order valence-corrected chi connectivity index (χ3v) is 6.78. The van der Waals surface area contributed by atoms with Gasteiger partial charge >= 0.3 is 0 Å². The number of carbonyl (C=O) groups excluding carboxylic acids is 1. The summed E-state index contributed by atoms with van der Waals surface area (Å²) in [5.41, 5.74) is 1.93. The van der Waals surface area contributed by atoms with E-state index in [1.54, 1.807) is 24.8 Å². The summed E-state index contributed by atoms with van der Waals surface area (Å²) in [6.45, 7) is 2.36. The molecule has 1 aliphatic heterocycles. The zero-order valence-corrected chi connectivity index (χ0v) is 20.1. The minimum atomic E-state index is -0.433. The summed E-state index contributed by atoms with van der Waals surface area (Å²) in [5.74, 6) is 1.64. The number of methoxy groups -OCH3 is 1. The number of benzene rings is 2. The predicted octanol–water partition coefficient (Wildman–Crippen LogP) is 4.61. The van der Waals surface area contributed by atoms with Crippen molar-refractivity contribution in [3.8, 4) is 11.5 Å². The van der Waals surface area contributed by atoms with Crippen LogP contribution in [0.2, 0.25) is 5.02 Å². The summed E-state index contributed by atoms with van der Waals surface area (Å²) in [5, 5.41) is 4.04. The lowest BCUT2D eigenvalue weighted by molar-refractivity contribution is -0.116. The number of ether oxygens (including phenoxy) is 2. The van der Waals surface area contributed by atoms with Crippen LogP contribution in [0, 0.1) is 0 Å². The Bertz CT molecular complexity index is 1260. The Kier molecular flexibility index (Phi) is 6.95. The lowest BCUT2D eigenvalue weighted by atomic mass is 9.86. The monoisotopic (exact) mass is 485 g/mol. The van der Waals surface area contributed by atoms with Gasteiger partial charge in [0.2, 0.25) is 5.91 Å². The summed E-state index contributed by atoms with van der Waals surface area (Å²) >= 11 is 7.49. The first-order valence-electron chi connectivity index (χ1n) is 10.5. The first-order chi connectivity index (χ1) is 15.9. The Morgan fingerprint density at radius 3 is 2.76 bits per heavy atom. The number of thioether (sulfide) groups is 1. The van der Waals surface area contributed by atoms with Crippen molar-refractivity contribution in [2.24, 2.45) is 7.05 Å². The third-order valence-electron chi connectivity index (χ3n) is 5.45. The number of rotatable bonds is 7. The molecule has 1 atom stereocenters. The average molecular weight is 486 g/mol. The van der Waals surface area contributed by atoms with Gasteiger partial charge in [0.05, 0.1) is 19.3 Å². The molecule has 2 heterocycles. The molecule has 9 heteroatoms. The topological polar surface area (TPSA) is 82.5 Å². The number of hydrogen-bond acceptors (Lipinski definition) is 6. The average Bonchev–Trinajstić information content (AvgIpc) is 2.80. The van der Waals surface area contributed by atoms with Crippen LogP contribution in [0.5, 0.6) is 11.5 Å². The molecule has 172 valence electrons. The van der Waals surface area contributed by atoms with Crippen molar-refractivity contribution in [2.75, 3.05) is 19.0 Å². The normalized spacial score (nSPS) is 15.0. The van der Waals surface area contributed by atoms with Gasteiger partial charge in [-0.3, -0.25) is 9.59 Å². The Morgan fingerprint density at radius 1 is 1.21 bits per heavy atom. The second kappa shape index (κ2) is 9.89. The van der Waals surface area contributed by atoms with E-state index in [9.17, 15) is 9.59 Å². The molecule has 4 rings (SSSR count). The highest BCUT2D eigenvalue weighted by Crippen LogP contribution is 2.39. The van der Waals surface area contributed by atoms with Crippen LogP contribution in [0.25, 0.3) is 0 Å². The largest absolute Gasteiger partial charge is 0.493 e. The number of nitrogens with one attached hydrogen (secondary N) is 1. The number of hydrogen-bond donors (Lipinski definition) is 1. The number of fused-ring (bicyclic) bond motifs is 1. The van der Waals surface area contributed by atoms with Gasteiger partial charge in [-0.25, -0.2) is 0 Å². The van der Waals surface area contributed by atoms with E-state index in [4.69, 9.17) is 21.1 Å². The molecule has 0 spiro atoms. The van der Waals surface area contributed by atoms with E-state index < -0.39 is 5.92 Å². The number of halogens is 1. The van der Waals surface area contributed by atoms with Gasteiger partial charge in [-0.05, 0) is 42.3 Å². The van der Waals surface area contributed by atoms with Crippen LogP contribution in [0.3, 0.4) is 0 Å². The van der Waals surface area contributed by atoms with Gasteiger partial charge in [0.1, 0.15) is 5.82 Å². The maximum absolute atomic E-state index is 13.2. The van der Waals surface area contributed by atoms with Gasteiger partial charge in [-0.15, -0.1) is 0 Å². The number of amides is 1. The van der Waals surface area contributed by atoms with Crippen LogP contribution in [0.4, 0.5) is 5.82 Å². The molecule has 0 aliphatic carbocycles. The maximum Gasteiger partial charge on any atom is 0.279 e. The molecule has 3 aromatic rings. The highest BCUT2D eigenvalue weighted by atomic mass is 35.5. The van der Waals surface area contributed by atoms with Crippen molar-refractivity contribution in [1.29, 1.82) is 0 Å². The first kappa shape index (κ1) is 23.2. The second-order valence-electron chi connectivity index (χ2n) is 7.59. The molecule has 0 fully saturated rings. The zero-order chi connectivity index (χ0) is 23.5. The molecule has 1 aliphatic rings. The molecule has 0 saturated carbocycles. The SMILES string of the molecule is CCOc1cc(C2CC(=O)Nc3c2c(=O)nc(SCc2cccc(Cl)c2)n3C)ccc1OC. The Morgan fingerprint density at radius 2 is 2.03 bits per heavy atom. The van der Waals surface area contributed by atoms with Gasteiger partial charge in [0, 0.05) is 30.2 Å². The Labute approximate surface area is 201 Å². The molecule has 0 bridgehead atoms. The molecule has 1 amide bonds. The van der Waals surface area contributed by atoms with Crippen molar-refractivity contribution in [3.05, 3.63) is 74.5 Å². The van der Waals surface area contributed by atoms with Crippen LogP contribution in [-0.4, -0.2) is 29.2 Å². The number of aromatic nitrogens is 2. The van der Waals surface area contributed by atoms with Crippen LogP contribution < -0.4 is 20.3 Å². The fourth-order valence-corrected chi connectivity index (χ4v) is 5.02. The fourth-order valence-electron chi connectivity index (χ4n) is 3.90. The first-order valence-corrected chi connectivity index (χ1v) is 11.9. The summed E-state index contributed by atoms with van der Waals surface area (Å²) in [7, 11) is 3.37. The predicted molar refractivity (Wildman–Crippen MR) is 130 cm³/mol. The number of anilines is 1. The summed E-state index contributed by atoms with van der Waals surface area (Å²) in [6, 6.07) is 13.0. The summed E-state index contributed by atoms with van der Waals surface area (Å²) < 4.78 is 12.8. The quantitative estimate of drug-likeness (QED) is 0.389. The van der Waals surface area contributed by atoms with Gasteiger partial charge in [0.25, 0.3) is 5.56 Å². The van der Waals surface area contributed by atoms with Crippen molar-refractivity contribution >= 4 is 35.1 Å². The minimum absolute atomic E-state index is 0.150. The van der Waals surface area contributed by atoms with E-state index in [1.165, 1.54) is 11.8 Å². The maximum atomic E-state index is 13.2. The summed E-state index contributed by atoms with van der Waals surface area (Å²) in [6.07, 6.45) is 0.150. The molecule has 0 saturated heterocycles. The Hall–Kier alpha value is -2.97. The van der Waals surface area contributed by atoms with E-state index in [2.05, 4.69) is 10.3 Å². The molecule has 33 heavy (non-hydrogen) atoms. The van der Waals surface area contributed by atoms with Gasteiger partial charge < -0.3 is 19.4 Å². The molecule has 1 unspecified atom stereocenters. The lowest BCUT2D eigenvalue weighted by Gasteiger charge is -2.28. The van der Waals surface area contributed by atoms with Gasteiger partial charge in [0.15, 0.2) is 16.7 Å². The van der Waals surface area contributed by atoms with E-state index in [-0.39, 0.29) is 17.9 Å². The Balaban J connectivity index is 1.72. The van der Waals surface area contributed by atoms with Crippen LogP contribution >= 0.6 is 23.4 Å². The minimum Gasteiger partial charge on any atom is -0.493 e. The third kappa shape index (κ3) is 4.86. The van der Waals surface area contributed by atoms with Crippen molar-refractivity contribution in [3.63, 3.8) is 0 Å². The smallest absolute Gasteiger partial charge is 0.279 e. The van der Waals surface area contributed by atoms with Crippen molar-refractivity contribution < 1.29 is 14.3 Å². The van der Waals surface area contributed by atoms with E-state index in [0.29, 0.717) is 45.4 Å². The molecular weight excluding hydrogens is 462 g/mol. The number of nitrogens with zero attached hydrogens (tertiary/aromatic N) is 2. The number of carbonyl (C=O) groups is 1. The second-order valence-corrected chi connectivity index (χ2v) is 8.97. The molecule has 2 aromatic carbocycles. The van der Waals surface area contributed by atoms with Crippen LogP contribution in [0.15, 0.2) is 52.4 Å².